The molecular weight excluding hydrogens is 426 g/mol. The van der Waals surface area contributed by atoms with Gasteiger partial charge in [0.05, 0.1) is 11.5 Å². The maximum absolute atomic E-state index is 12.9. The summed E-state index contributed by atoms with van der Waals surface area (Å²) in [6.07, 6.45) is -3.86. The van der Waals surface area contributed by atoms with Crippen LogP contribution in [-0.4, -0.2) is 65.6 Å². The Labute approximate surface area is 183 Å². The molecule has 4 rings (SSSR count). The van der Waals surface area contributed by atoms with E-state index in [2.05, 4.69) is 10.6 Å². The number of rotatable bonds is 5. The molecular formula is C20H25N3O9. The monoisotopic (exact) mass is 451 g/mol. The fourth-order valence-electron chi connectivity index (χ4n) is 3.99. The molecule has 0 aliphatic carbocycles. The van der Waals surface area contributed by atoms with Gasteiger partial charge in [0, 0.05) is 17.8 Å². The molecule has 12 nitrogen and oxygen atoms in total. The Balaban J connectivity index is 1.40. The van der Waals surface area contributed by atoms with Crippen LogP contribution in [0.2, 0.25) is 0 Å². The fourth-order valence-corrected chi connectivity index (χ4v) is 3.99. The number of amides is 2. The van der Waals surface area contributed by atoms with Gasteiger partial charge in [0.15, 0.2) is 24.0 Å². The van der Waals surface area contributed by atoms with Gasteiger partial charge in [-0.25, -0.2) is 0 Å². The van der Waals surface area contributed by atoms with Gasteiger partial charge in [-0.1, -0.05) is 6.07 Å². The molecule has 0 spiro atoms. The average molecular weight is 451 g/mol. The van der Waals surface area contributed by atoms with Crippen molar-refractivity contribution >= 4 is 23.2 Å². The number of carbonyl (C=O) groups excluding carboxylic acids is 2. The van der Waals surface area contributed by atoms with Crippen molar-refractivity contribution in [3.05, 3.63) is 34.4 Å². The molecule has 12 heteroatoms. The van der Waals surface area contributed by atoms with E-state index >= 15 is 0 Å². The van der Waals surface area contributed by atoms with E-state index in [1.165, 1.54) is 24.3 Å². The van der Waals surface area contributed by atoms with Crippen molar-refractivity contribution in [2.75, 3.05) is 11.9 Å². The number of carbonyl (C=O) groups is 2. The van der Waals surface area contributed by atoms with Gasteiger partial charge in [-0.3, -0.25) is 19.7 Å². The van der Waals surface area contributed by atoms with E-state index in [-0.39, 0.29) is 17.9 Å². The first-order valence-corrected chi connectivity index (χ1v) is 10.1. The number of hydrogen-bond donors (Lipinski definition) is 2. The third-order valence-corrected chi connectivity index (χ3v) is 5.18. The molecule has 1 aromatic carbocycles. The fraction of sp³-hybridized carbons (Fsp3) is 0.600. The van der Waals surface area contributed by atoms with Crippen molar-refractivity contribution in [1.29, 1.82) is 0 Å². The zero-order valence-corrected chi connectivity index (χ0v) is 18.0. The third kappa shape index (κ3) is 4.59. The number of non-ortho nitro benzene ring substituents is 1. The summed E-state index contributed by atoms with van der Waals surface area (Å²) in [4.78, 5) is 35.4. The Morgan fingerprint density at radius 3 is 2.41 bits per heavy atom. The van der Waals surface area contributed by atoms with Crippen molar-refractivity contribution in [2.45, 2.75) is 70.0 Å². The molecule has 0 saturated carbocycles. The van der Waals surface area contributed by atoms with Gasteiger partial charge in [-0.15, -0.1) is 0 Å². The molecule has 174 valence electrons. The van der Waals surface area contributed by atoms with Crippen LogP contribution < -0.4 is 10.6 Å². The van der Waals surface area contributed by atoms with E-state index in [9.17, 15) is 19.7 Å². The summed E-state index contributed by atoms with van der Waals surface area (Å²) < 4.78 is 29.3. The van der Waals surface area contributed by atoms with Gasteiger partial charge >= 0.3 is 0 Å². The molecule has 3 saturated heterocycles. The molecule has 0 unspecified atom stereocenters. The first-order valence-electron chi connectivity index (χ1n) is 10.1. The highest BCUT2D eigenvalue weighted by Gasteiger charge is 2.62. The number of ether oxygens (including phenoxy) is 5. The molecule has 2 N–H and O–H groups in total. The number of hydrogen-bond acceptors (Lipinski definition) is 9. The van der Waals surface area contributed by atoms with Gasteiger partial charge < -0.3 is 34.3 Å². The van der Waals surface area contributed by atoms with Crippen LogP contribution in [0.3, 0.4) is 0 Å². The Morgan fingerprint density at radius 1 is 1.03 bits per heavy atom. The van der Waals surface area contributed by atoms with Crippen molar-refractivity contribution in [3.63, 3.8) is 0 Å². The summed E-state index contributed by atoms with van der Waals surface area (Å²) in [6.45, 7) is 6.54. The molecule has 0 radical (unpaired) electrons. The second kappa shape index (κ2) is 8.05. The lowest BCUT2D eigenvalue weighted by atomic mass is 9.98. The minimum absolute atomic E-state index is 0.161. The highest BCUT2D eigenvalue weighted by Crippen LogP contribution is 2.44. The molecule has 3 fully saturated rings. The summed E-state index contributed by atoms with van der Waals surface area (Å²) in [5.41, 5.74) is 0.0778. The lowest BCUT2D eigenvalue weighted by Gasteiger charge is -2.36. The number of fused-ring (bicyclic) bond motifs is 3. The minimum atomic E-state index is -1.09. The quantitative estimate of drug-likeness (QED) is 0.495. The Bertz CT molecular complexity index is 935. The average Bonchev–Trinajstić information content (AvgIpc) is 3.19. The summed E-state index contributed by atoms with van der Waals surface area (Å²) >= 11 is 0. The van der Waals surface area contributed by atoms with Crippen LogP contribution >= 0.6 is 0 Å². The van der Waals surface area contributed by atoms with Gasteiger partial charge in [-0.2, -0.15) is 0 Å². The molecule has 1 aromatic rings. The van der Waals surface area contributed by atoms with Gasteiger partial charge in [0.25, 0.3) is 11.6 Å². The maximum Gasteiger partial charge on any atom is 0.271 e. The van der Waals surface area contributed by atoms with E-state index in [0.717, 1.165) is 0 Å². The van der Waals surface area contributed by atoms with E-state index in [4.69, 9.17) is 23.7 Å². The summed E-state index contributed by atoms with van der Waals surface area (Å²) in [6, 6.07) is 5.48. The van der Waals surface area contributed by atoms with Crippen LogP contribution in [0.25, 0.3) is 0 Å². The van der Waals surface area contributed by atoms with Crippen molar-refractivity contribution in [2.24, 2.45) is 0 Å². The molecule has 32 heavy (non-hydrogen) atoms. The number of nitro benzene ring substituents is 1. The predicted molar refractivity (Wildman–Crippen MR) is 107 cm³/mol. The SMILES string of the molecule is CC1(C)O[C@@H]2[C@@H](O1)[C@@H](C(=O)NCC(=O)Nc1cccc([N+](=O)[O-])c1)O[C@H]1OC(C)(C)O[C@@H]12. The van der Waals surface area contributed by atoms with Crippen molar-refractivity contribution in [1.82, 2.24) is 5.32 Å². The Hall–Kier alpha value is -2.64. The number of anilines is 1. The normalized spacial score (nSPS) is 31.9. The lowest BCUT2D eigenvalue weighted by Crippen LogP contribution is -2.59. The van der Waals surface area contributed by atoms with E-state index in [0.29, 0.717) is 0 Å². The maximum atomic E-state index is 12.9. The number of benzene rings is 1. The standard InChI is InChI=1S/C20H25N3O9/c1-19(2)29-13-14(30-19)16-18(32-20(3,4)31-16)28-15(13)17(25)21-9-12(24)22-10-6-5-7-11(8-10)23(26)27/h5-8,13-16,18H,9H2,1-4H3,(H,21,25)(H,22,24)/t13-,14-,15+,16-,18+/m1/s1. The molecule has 0 bridgehead atoms. The lowest BCUT2D eigenvalue weighted by molar-refractivity contribution is -0.384. The predicted octanol–water partition coefficient (Wildman–Crippen LogP) is 1.05. The van der Waals surface area contributed by atoms with Crippen molar-refractivity contribution < 1.29 is 38.2 Å². The molecule has 3 heterocycles. The van der Waals surface area contributed by atoms with E-state index in [1.54, 1.807) is 27.7 Å². The summed E-state index contributed by atoms with van der Waals surface area (Å²) in [5.74, 6) is -3.02. The second-order valence-corrected chi connectivity index (χ2v) is 8.66. The first-order chi connectivity index (χ1) is 14.9. The van der Waals surface area contributed by atoms with Crippen molar-refractivity contribution in [3.8, 4) is 0 Å². The Morgan fingerprint density at radius 2 is 1.69 bits per heavy atom. The largest absolute Gasteiger partial charge is 0.345 e. The highest BCUT2D eigenvalue weighted by molar-refractivity contribution is 5.95. The van der Waals surface area contributed by atoms with Crippen LogP contribution in [0.5, 0.6) is 0 Å². The van der Waals surface area contributed by atoms with Crippen LogP contribution in [0, 0.1) is 10.1 Å². The third-order valence-electron chi connectivity index (χ3n) is 5.18. The zero-order valence-electron chi connectivity index (χ0n) is 18.0. The second-order valence-electron chi connectivity index (χ2n) is 8.66. The minimum Gasteiger partial charge on any atom is -0.345 e. The van der Waals surface area contributed by atoms with E-state index < -0.39 is 59.0 Å². The van der Waals surface area contributed by atoms with Crippen LogP contribution in [-0.2, 0) is 33.3 Å². The molecule has 3 aliphatic heterocycles. The topological polar surface area (TPSA) is 147 Å². The number of nitrogens with zero attached hydrogens (tertiary/aromatic N) is 1. The molecule has 5 atom stereocenters. The number of nitro groups is 1. The van der Waals surface area contributed by atoms with Gasteiger partial charge in [0.1, 0.15) is 18.3 Å². The molecule has 2 amide bonds. The zero-order chi connectivity index (χ0) is 23.3. The highest BCUT2D eigenvalue weighted by atomic mass is 16.9. The molecule has 3 aliphatic rings. The Kier molecular flexibility index (Phi) is 5.67. The molecule has 0 aromatic heterocycles. The first kappa shape index (κ1) is 22.6. The van der Waals surface area contributed by atoms with Crippen LogP contribution in [0.15, 0.2) is 24.3 Å². The van der Waals surface area contributed by atoms with E-state index in [1.807, 2.05) is 0 Å². The summed E-state index contributed by atoms with van der Waals surface area (Å²) in [7, 11) is 0. The van der Waals surface area contributed by atoms with Crippen LogP contribution in [0.4, 0.5) is 11.4 Å². The smallest absolute Gasteiger partial charge is 0.271 e. The van der Waals surface area contributed by atoms with Gasteiger partial charge in [-0.05, 0) is 33.8 Å². The van der Waals surface area contributed by atoms with Gasteiger partial charge in [0.2, 0.25) is 5.91 Å². The van der Waals surface area contributed by atoms with Crippen LogP contribution in [0.1, 0.15) is 27.7 Å². The summed E-state index contributed by atoms with van der Waals surface area (Å²) in [5, 5.41) is 15.9. The number of nitrogens with one attached hydrogen (secondary N) is 2.